The Hall–Kier alpha value is -2.50. The van der Waals surface area contributed by atoms with E-state index in [1.807, 2.05) is 48.5 Å². The number of imidazole rings is 1. The molecule has 5 rings (SSSR count). The standard InChI is InChI=1S/C20H17ClN4O/c21-14-6-3-5-13(11-14)19-24-18-20(25(19)12-15-7-4-10-26-15)23-17-9-2-1-8-16(17)22-18/h1-3,5-6,8-9,11,15H,4,7,10,12H2/t15-/m0/s1. The fourth-order valence-electron chi connectivity index (χ4n) is 3.51. The van der Waals surface area contributed by atoms with Gasteiger partial charge in [-0.1, -0.05) is 35.9 Å². The van der Waals surface area contributed by atoms with Gasteiger partial charge in [-0.3, -0.25) is 0 Å². The highest BCUT2D eigenvalue weighted by Gasteiger charge is 2.22. The molecular formula is C20H17ClN4O. The van der Waals surface area contributed by atoms with Gasteiger partial charge in [-0.15, -0.1) is 0 Å². The van der Waals surface area contributed by atoms with E-state index in [1.54, 1.807) is 0 Å². The first-order chi connectivity index (χ1) is 12.8. The van der Waals surface area contributed by atoms with Crippen LogP contribution in [0.1, 0.15) is 12.8 Å². The number of rotatable bonds is 3. The Balaban J connectivity index is 1.74. The Kier molecular flexibility index (Phi) is 3.84. The van der Waals surface area contributed by atoms with E-state index in [-0.39, 0.29) is 6.10 Å². The minimum absolute atomic E-state index is 0.179. The van der Waals surface area contributed by atoms with E-state index in [1.165, 1.54) is 0 Å². The molecule has 26 heavy (non-hydrogen) atoms. The predicted octanol–water partition coefficient (Wildman–Crippen LogP) is 4.48. The second kappa shape index (κ2) is 6.34. The highest BCUT2D eigenvalue weighted by Crippen LogP contribution is 2.28. The molecule has 1 atom stereocenters. The summed E-state index contributed by atoms with van der Waals surface area (Å²) in [5.41, 5.74) is 4.11. The van der Waals surface area contributed by atoms with Crippen molar-refractivity contribution in [3.8, 4) is 11.4 Å². The molecule has 0 N–H and O–H groups in total. The number of hydrogen-bond donors (Lipinski definition) is 0. The molecule has 0 amide bonds. The molecule has 0 radical (unpaired) electrons. The van der Waals surface area contributed by atoms with Crippen LogP contribution in [0.15, 0.2) is 48.5 Å². The van der Waals surface area contributed by atoms with Crippen molar-refractivity contribution in [1.29, 1.82) is 0 Å². The van der Waals surface area contributed by atoms with Gasteiger partial charge in [-0.2, -0.15) is 0 Å². The first-order valence-corrected chi connectivity index (χ1v) is 9.16. The summed E-state index contributed by atoms with van der Waals surface area (Å²) in [6, 6.07) is 15.6. The van der Waals surface area contributed by atoms with Crippen molar-refractivity contribution in [1.82, 2.24) is 19.5 Å². The van der Waals surface area contributed by atoms with Crippen molar-refractivity contribution in [2.24, 2.45) is 0 Å². The molecule has 1 fully saturated rings. The fraction of sp³-hybridized carbons (Fsp3) is 0.250. The summed E-state index contributed by atoms with van der Waals surface area (Å²) in [7, 11) is 0. The van der Waals surface area contributed by atoms with E-state index in [9.17, 15) is 0 Å². The number of para-hydroxylation sites is 2. The van der Waals surface area contributed by atoms with Gasteiger partial charge in [0.25, 0.3) is 0 Å². The Morgan fingerprint density at radius 1 is 1.04 bits per heavy atom. The van der Waals surface area contributed by atoms with E-state index in [0.29, 0.717) is 17.2 Å². The number of nitrogens with zero attached hydrogens (tertiary/aromatic N) is 4. The molecule has 0 bridgehead atoms. The smallest absolute Gasteiger partial charge is 0.198 e. The van der Waals surface area contributed by atoms with Crippen LogP contribution in [0.3, 0.4) is 0 Å². The average molecular weight is 365 g/mol. The van der Waals surface area contributed by atoms with Crippen molar-refractivity contribution < 1.29 is 4.74 Å². The molecule has 1 aliphatic rings. The minimum Gasteiger partial charge on any atom is -0.376 e. The van der Waals surface area contributed by atoms with E-state index in [4.69, 9.17) is 31.3 Å². The second-order valence-corrected chi connectivity index (χ2v) is 6.99. The third kappa shape index (κ3) is 2.73. The number of hydrogen-bond acceptors (Lipinski definition) is 4. The van der Waals surface area contributed by atoms with Gasteiger partial charge >= 0.3 is 0 Å². The molecule has 0 aliphatic carbocycles. The molecule has 0 unspecified atom stereocenters. The van der Waals surface area contributed by atoms with E-state index in [0.717, 1.165) is 47.5 Å². The third-order valence-electron chi connectivity index (χ3n) is 4.75. The van der Waals surface area contributed by atoms with Crippen molar-refractivity contribution >= 4 is 33.9 Å². The lowest BCUT2D eigenvalue weighted by molar-refractivity contribution is 0.0981. The molecule has 1 aliphatic heterocycles. The van der Waals surface area contributed by atoms with E-state index in [2.05, 4.69) is 4.57 Å². The van der Waals surface area contributed by atoms with Crippen molar-refractivity contribution in [2.75, 3.05) is 6.61 Å². The van der Waals surface area contributed by atoms with Crippen LogP contribution in [0.2, 0.25) is 5.02 Å². The molecule has 2 aromatic heterocycles. The second-order valence-electron chi connectivity index (χ2n) is 6.55. The zero-order valence-corrected chi connectivity index (χ0v) is 14.9. The number of aromatic nitrogens is 4. The highest BCUT2D eigenvalue weighted by atomic mass is 35.5. The van der Waals surface area contributed by atoms with Crippen LogP contribution < -0.4 is 0 Å². The van der Waals surface area contributed by atoms with Gasteiger partial charge in [0.05, 0.1) is 23.7 Å². The molecular weight excluding hydrogens is 348 g/mol. The van der Waals surface area contributed by atoms with Gasteiger partial charge in [-0.25, -0.2) is 15.0 Å². The van der Waals surface area contributed by atoms with Gasteiger partial charge < -0.3 is 9.30 Å². The fourth-order valence-corrected chi connectivity index (χ4v) is 3.70. The lowest BCUT2D eigenvalue weighted by atomic mass is 10.2. The number of ether oxygens (including phenoxy) is 1. The lowest BCUT2D eigenvalue weighted by Gasteiger charge is -2.14. The molecule has 6 heteroatoms. The van der Waals surface area contributed by atoms with E-state index < -0.39 is 0 Å². The van der Waals surface area contributed by atoms with Crippen LogP contribution >= 0.6 is 11.6 Å². The first-order valence-electron chi connectivity index (χ1n) is 8.78. The maximum absolute atomic E-state index is 6.21. The zero-order valence-electron chi connectivity index (χ0n) is 14.1. The summed E-state index contributed by atoms with van der Waals surface area (Å²) >= 11 is 6.21. The molecule has 3 heterocycles. The Morgan fingerprint density at radius 2 is 1.88 bits per heavy atom. The predicted molar refractivity (Wildman–Crippen MR) is 102 cm³/mol. The van der Waals surface area contributed by atoms with E-state index >= 15 is 0 Å². The number of benzene rings is 2. The highest BCUT2D eigenvalue weighted by molar-refractivity contribution is 6.30. The summed E-state index contributed by atoms with van der Waals surface area (Å²) in [6.45, 7) is 1.53. The molecule has 2 aromatic carbocycles. The zero-order chi connectivity index (χ0) is 17.5. The van der Waals surface area contributed by atoms with Crippen LogP contribution in [0.25, 0.3) is 33.7 Å². The Labute approximate surface area is 155 Å². The maximum atomic E-state index is 6.21. The molecule has 0 saturated carbocycles. The topological polar surface area (TPSA) is 52.8 Å². The van der Waals surface area contributed by atoms with Crippen molar-refractivity contribution in [3.05, 3.63) is 53.6 Å². The SMILES string of the molecule is Clc1cccc(-c2nc3nc4ccccc4nc3n2C[C@@H]2CCCO2)c1. The van der Waals surface area contributed by atoms with Crippen LogP contribution in [-0.4, -0.2) is 32.2 Å². The van der Waals surface area contributed by atoms with Crippen LogP contribution in [0.5, 0.6) is 0 Å². The van der Waals surface area contributed by atoms with Gasteiger partial charge in [0.15, 0.2) is 11.3 Å². The lowest BCUT2D eigenvalue weighted by Crippen LogP contribution is -2.16. The summed E-state index contributed by atoms with van der Waals surface area (Å²) < 4.78 is 7.98. The quantitative estimate of drug-likeness (QED) is 0.538. The summed E-state index contributed by atoms with van der Waals surface area (Å²) in [6.07, 6.45) is 2.33. The molecule has 5 nitrogen and oxygen atoms in total. The van der Waals surface area contributed by atoms with Crippen LogP contribution in [-0.2, 0) is 11.3 Å². The largest absolute Gasteiger partial charge is 0.376 e. The number of halogens is 1. The van der Waals surface area contributed by atoms with Crippen molar-refractivity contribution in [2.45, 2.75) is 25.5 Å². The average Bonchev–Trinajstić information content (AvgIpc) is 3.28. The number of fused-ring (bicyclic) bond motifs is 2. The monoisotopic (exact) mass is 364 g/mol. The summed E-state index contributed by atoms with van der Waals surface area (Å²) in [5, 5.41) is 0.685. The molecule has 130 valence electrons. The Morgan fingerprint density at radius 3 is 2.65 bits per heavy atom. The van der Waals surface area contributed by atoms with Gasteiger partial charge in [0.1, 0.15) is 5.82 Å². The van der Waals surface area contributed by atoms with Crippen molar-refractivity contribution in [3.63, 3.8) is 0 Å². The normalized spacial score (nSPS) is 17.3. The maximum Gasteiger partial charge on any atom is 0.198 e. The van der Waals surface area contributed by atoms with Gasteiger partial charge in [-0.05, 0) is 37.1 Å². The van der Waals surface area contributed by atoms with Gasteiger partial charge in [0, 0.05) is 17.2 Å². The van der Waals surface area contributed by atoms with Crippen LogP contribution in [0.4, 0.5) is 0 Å². The van der Waals surface area contributed by atoms with Gasteiger partial charge in [0.2, 0.25) is 0 Å². The van der Waals surface area contributed by atoms with Crippen LogP contribution in [0, 0.1) is 0 Å². The Bertz CT molecular complexity index is 1100. The summed E-state index contributed by atoms with van der Waals surface area (Å²) in [5.74, 6) is 0.827. The third-order valence-corrected chi connectivity index (χ3v) is 4.99. The minimum atomic E-state index is 0.179. The molecule has 4 aromatic rings. The first kappa shape index (κ1) is 15.7. The molecule has 0 spiro atoms. The molecule has 1 saturated heterocycles. The summed E-state index contributed by atoms with van der Waals surface area (Å²) in [4.78, 5) is 14.3.